The van der Waals surface area contributed by atoms with E-state index in [2.05, 4.69) is 25.4 Å². The number of benzene rings is 1. The molecule has 0 radical (unpaired) electrons. The Morgan fingerprint density at radius 2 is 1.75 bits per heavy atom. The summed E-state index contributed by atoms with van der Waals surface area (Å²) in [6.45, 7) is 0. The lowest BCUT2D eigenvalue weighted by Crippen LogP contribution is -2.24. The van der Waals surface area contributed by atoms with Crippen molar-refractivity contribution < 1.29 is 8.42 Å². The summed E-state index contributed by atoms with van der Waals surface area (Å²) in [7, 11) is -2.13. The van der Waals surface area contributed by atoms with Crippen LogP contribution in [-0.4, -0.2) is 39.8 Å². The summed E-state index contributed by atoms with van der Waals surface area (Å²) >= 11 is 0. The van der Waals surface area contributed by atoms with Crippen molar-refractivity contribution in [1.82, 2.24) is 24.4 Å². The van der Waals surface area contributed by atoms with Gasteiger partial charge < -0.3 is 0 Å². The molecular weight excluding hydrogens is 376 g/mol. The highest BCUT2D eigenvalue weighted by Gasteiger charge is 2.33. The van der Waals surface area contributed by atoms with Gasteiger partial charge in [0.05, 0.1) is 11.2 Å². The van der Waals surface area contributed by atoms with E-state index in [1.807, 2.05) is 30.3 Å². The Hall–Kier alpha value is -3.43. The van der Waals surface area contributed by atoms with Crippen molar-refractivity contribution in [3.63, 3.8) is 0 Å². The number of hydrogen-bond donors (Lipinski definition) is 1. The van der Waals surface area contributed by atoms with Crippen LogP contribution in [0.1, 0.15) is 0 Å². The maximum absolute atomic E-state index is 12.4. The fourth-order valence-corrected chi connectivity index (χ4v) is 4.34. The van der Waals surface area contributed by atoms with Crippen LogP contribution in [-0.2, 0) is 10.0 Å². The predicted molar refractivity (Wildman–Crippen MR) is 105 cm³/mol. The maximum atomic E-state index is 12.4. The number of rotatable bonds is 2. The van der Waals surface area contributed by atoms with Crippen molar-refractivity contribution in [3.8, 4) is 22.4 Å². The summed E-state index contributed by atoms with van der Waals surface area (Å²) in [5, 5.41) is 0.866. The normalized spacial score (nSPS) is 15.3. The highest BCUT2D eigenvalue weighted by Crippen LogP contribution is 2.34. The topological polar surface area (TPSA) is 101 Å². The average Bonchev–Trinajstić information content (AvgIpc) is 2.96. The first-order valence-corrected chi connectivity index (χ1v) is 9.89. The molecule has 8 nitrogen and oxygen atoms in total. The summed E-state index contributed by atoms with van der Waals surface area (Å²) in [6, 6.07) is 11.1. The first-order chi connectivity index (χ1) is 13.5. The number of nitrogens with one attached hydrogen (secondary N) is 1. The highest BCUT2D eigenvalue weighted by atomic mass is 32.2. The number of sulfonamides is 1. The van der Waals surface area contributed by atoms with Crippen LogP contribution in [0.25, 0.3) is 33.3 Å². The van der Waals surface area contributed by atoms with E-state index in [0.717, 1.165) is 32.1 Å². The third-order valence-corrected chi connectivity index (χ3v) is 6.36. The maximum Gasteiger partial charge on any atom is 0.263 e. The first-order valence-electron chi connectivity index (χ1n) is 8.45. The average molecular weight is 390 g/mol. The molecule has 0 unspecified atom stereocenters. The van der Waals surface area contributed by atoms with Crippen LogP contribution >= 0.6 is 0 Å². The summed E-state index contributed by atoms with van der Waals surface area (Å²) in [4.78, 5) is 17.3. The third kappa shape index (κ3) is 2.52. The van der Waals surface area contributed by atoms with Gasteiger partial charge in [-0.15, -0.1) is 4.41 Å². The Balaban J connectivity index is 1.69. The molecule has 1 aromatic carbocycles. The summed E-state index contributed by atoms with van der Waals surface area (Å²) in [5.41, 5.74) is 6.79. The third-order valence-electron chi connectivity index (χ3n) is 4.68. The fourth-order valence-electron chi connectivity index (χ4n) is 3.22. The Labute approximate surface area is 161 Å². The predicted octanol–water partition coefficient (Wildman–Crippen LogP) is 2.71. The lowest BCUT2D eigenvalue weighted by atomic mass is 10.0. The van der Waals surface area contributed by atoms with Gasteiger partial charge in [-0.3, -0.25) is 10.4 Å². The number of pyridine rings is 2. The van der Waals surface area contributed by atoms with Crippen LogP contribution in [0.15, 0.2) is 66.2 Å². The molecule has 4 aromatic rings. The molecule has 0 amide bonds. The molecule has 1 aliphatic heterocycles. The van der Waals surface area contributed by atoms with Crippen LogP contribution in [0.5, 0.6) is 0 Å². The Morgan fingerprint density at radius 1 is 0.929 bits per heavy atom. The number of anilines is 1. The number of hydrazine groups is 1. The molecule has 0 saturated carbocycles. The zero-order chi connectivity index (χ0) is 19.3. The molecule has 9 heteroatoms. The van der Waals surface area contributed by atoms with Crippen LogP contribution < -0.4 is 5.43 Å². The summed E-state index contributed by atoms with van der Waals surface area (Å²) in [6.07, 6.45) is 6.61. The number of aromatic nitrogens is 4. The van der Waals surface area contributed by atoms with Gasteiger partial charge in [0, 0.05) is 42.2 Å². The second-order valence-corrected chi connectivity index (χ2v) is 8.28. The number of fused-ring (bicyclic) bond motifs is 2. The van der Waals surface area contributed by atoms with Crippen LogP contribution in [0, 0.1) is 0 Å². The van der Waals surface area contributed by atoms with Gasteiger partial charge >= 0.3 is 0 Å². The minimum absolute atomic E-state index is 0.159. The molecule has 5 rings (SSSR count). The van der Waals surface area contributed by atoms with Crippen molar-refractivity contribution in [3.05, 3.63) is 61.3 Å². The standard InChI is InChI=1S/C19H14N6O2S/c1-25-24-19-17(28(25,26)27)9-14(10-21-19)13-2-3-16-15(8-13)18(23-11-22-16)12-4-6-20-7-5-12/h2-11H,1H3,(H,21,24). The zero-order valence-electron chi connectivity index (χ0n) is 14.7. The lowest BCUT2D eigenvalue weighted by Gasteiger charge is -2.08. The van der Waals surface area contributed by atoms with Crippen molar-refractivity contribution in [2.24, 2.45) is 0 Å². The molecule has 28 heavy (non-hydrogen) atoms. The molecule has 1 aliphatic rings. The van der Waals surface area contributed by atoms with E-state index in [4.69, 9.17) is 0 Å². The van der Waals surface area contributed by atoms with E-state index in [1.165, 1.54) is 13.4 Å². The van der Waals surface area contributed by atoms with Gasteiger partial charge in [0.2, 0.25) is 0 Å². The van der Waals surface area contributed by atoms with E-state index in [1.54, 1.807) is 24.7 Å². The molecule has 1 N–H and O–H groups in total. The number of nitrogens with zero attached hydrogens (tertiary/aromatic N) is 5. The van der Waals surface area contributed by atoms with Gasteiger partial charge in [0.25, 0.3) is 10.0 Å². The van der Waals surface area contributed by atoms with Gasteiger partial charge in [-0.05, 0) is 35.9 Å². The van der Waals surface area contributed by atoms with Gasteiger partial charge in [-0.25, -0.2) is 23.4 Å². The van der Waals surface area contributed by atoms with Crippen LogP contribution in [0.2, 0.25) is 0 Å². The molecule has 0 fully saturated rings. The summed E-state index contributed by atoms with van der Waals surface area (Å²) in [5.74, 6) is 0.327. The quantitative estimate of drug-likeness (QED) is 0.561. The Morgan fingerprint density at radius 3 is 2.57 bits per heavy atom. The smallest absolute Gasteiger partial charge is 0.263 e. The van der Waals surface area contributed by atoms with Gasteiger partial charge in [-0.2, -0.15) is 0 Å². The monoisotopic (exact) mass is 390 g/mol. The minimum Gasteiger partial charge on any atom is -0.288 e. The molecule has 138 valence electrons. The van der Waals surface area contributed by atoms with Crippen molar-refractivity contribution >= 4 is 26.7 Å². The second-order valence-electron chi connectivity index (χ2n) is 6.35. The van der Waals surface area contributed by atoms with E-state index in [-0.39, 0.29) is 4.90 Å². The Kier molecular flexibility index (Phi) is 3.61. The zero-order valence-corrected chi connectivity index (χ0v) is 15.6. The van der Waals surface area contributed by atoms with E-state index in [0.29, 0.717) is 11.4 Å². The minimum atomic E-state index is -3.58. The van der Waals surface area contributed by atoms with Crippen molar-refractivity contribution in [2.45, 2.75) is 4.90 Å². The van der Waals surface area contributed by atoms with Gasteiger partial charge in [0.15, 0.2) is 5.82 Å². The molecule has 3 aromatic heterocycles. The lowest BCUT2D eigenvalue weighted by molar-refractivity contribution is 0.530. The SMILES string of the molecule is CN1Nc2ncc(-c3ccc4ncnc(-c5ccncc5)c4c3)cc2S1(=O)=O. The van der Waals surface area contributed by atoms with E-state index in [9.17, 15) is 8.42 Å². The second kappa shape index (κ2) is 6.04. The number of hydrogen-bond acceptors (Lipinski definition) is 7. The largest absolute Gasteiger partial charge is 0.288 e. The fraction of sp³-hybridized carbons (Fsp3) is 0.0526. The molecular formula is C19H14N6O2S. The molecule has 0 bridgehead atoms. The molecule has 4 heterocycles. The Bertz CT molecular complexity index is 1330. The van der Waals surface area contributed by atoms with Gasteiger partial charge in [0.1, 0.15) is 11.2 Å². The molecule has 0 saturated heterocycles. The van der Waals surface area contributed by atoms with Crippen LogP contribution in [0.3, 0.4) is 0 Å². The van der Waals surface area contributed by atoms with Crippen molar-refractivity contribution in [2.75, 3.05) is 12.5 Å². The van der Waals surface area contributed by atoms with Crippen molar-refractivity contribution in [1.29, 1.82) is 0 Å². The van der Waals surface area contributed by atoms with Crippen LogP contribution in [0.4, 0.5) is 5.82 Å². The summed E-state index contributed by atoms with van der Waals surface area (Å²) < 4.78 is 25.9. The van der Waals surface area contributed by atoms with E-state index < -0.39 is 10.0 Å². The molecule has 0 aliphatic carbocycles. The highest BCUT2D eigenvalue weighted by molar-refractivity contribution is 7.89. The first kappa shape index (κ1) is 16.7. The molecule has 0 spiro atoms. The van der Waals surface area contributed by atoms with Gasteiger partial charge in [-0.1, -0.05) is 6.07 Å². The molecule has 0 atom stereocenters. The van der Waals surface area contributed by atoms with E-state index >= 15 is 0 Å².